The Morgan fingerprint density at radius 2 is 1.74 bits per heavy atom. The second-order valence-corrected chi connectivity index (χ2v) is 6.65. The number of hydrogen-bond acceptors (Lipinski definition) is 4. The van der Waals surface area contributed by atoms with Crippen molar-refractivity contribution in [2.24, 2.45) is 5.10 Å². The molecule has 0 heterocycles. The summed E-state index contributed by atoms with van der Waals surface area (Å²) >= 11 is 6.02. The minimum absolute atomic E-state index is 0.0440. The normalized spacial score (nSPS) is 10.7. The van der Waals surface area contributed by atoms with E-state index in [-0.39, 0.29) is 24.7 Å². The van der Waals surface area contributed by atoms with E-state index in [0.717, 1.165) is 16.8 Å². The third-order valence-corrected chi connectivity index (χ3v) is 4.34. The molecule has 0 radical (unpaired) electrons. The third kappa shape index (κ3) is 6.42. The molecule has 2 rings (SSSR count). The maximum Gasteiger partial charge on any atom is 0.240 e. The number of hydrazone groups is 1. The highest BCUT2D eigenvalue weighted by Gasteiger charge is 2.09. The number of anilines is 2. The average Bonchev–Trinajstić information content (AvgIpc) is 2.64. The van der Waals surface area contributed by atoms with Gasteiger partial charge in [-0.05, 0) is 42.3 Å². The van der Waals surface area contributed by atoms with Gasteiger partial charge in [0.2, 0.25) is 11.8 Å². The van der Waals surface area contributed by atoms with E-state index >= 15 is 0 Å². The monoisotopic (exact) mass is 386 g/mol. The summed E-state index contributed by atoms with van der Waals surface area (Å²) in [7, 11) is 3.93. The zero-order valence-corrected chi connectivity index (χ0v) is 16.4. The third-order valence-electron chi connectivity index (χ3n) is 3.93. The van der Waals surface area contributed by atoms with E-state index in [0.29, 0.717) is 10.7 Å². The van der Waals surface area contributed by atoms with Gasteiger partial charge >= 0.3 is 0 Å². The summed E-state index contributed by atoms with van der Waals surface area (Å²) in [5.41, 5.74) is 5.82. The van der Waals surface area contributed by atoms with Crippen LogP contribution in [0.15, 0.2) is 47.6 Å². The van der Waals surface area contributed by atoms with Gasteiger partial charge in [0.15, 0.2) is 0 Å². The Hall–Kier alpha value is -2.86. The minimum Gasteiger partial charge on any atom is -0.378 e. The van der Waals surface area contributed by atoms with E-state index in [9.17, 15) is 9.59 Å². The Bertz CT molecular complexity index is 832. The first-order valence-corrected chi connectivity index (χ1v) is 8.89. The molecule has 0 saturated heterocycles. The highest BCUT2D eigenvalue weighted by atomic mass is 35.5. The average molecular weight is 387 g/mol. The molecule has 0 aliphatic carbocycles. The zero-order valence-electron chi connectivity index (χ0n) is 15.6. The van der Waals surface area contributed by atoms with Gasteiger partial charge in [-0.15, -0.1) is 0 Å². The molecule has 0 fully saturated rings. The quantitative estimate of drug-likeness (QED) is 0.564. The Morgan fingerprint density at radius 1 is 1.07 bits per heavy atom. The van der Waals surface area contributed by atoms with E-state index in [1.807, 2.05) is 50.2 Å². The van der Waals surface area contributed by atoms with Crippen molar-refractivity contribution in [3.8, 4) is 0 Å². The fourth-order valence-electron chi connectivity index (χ4n) is 2.28. The molecule has 0 spiro atoms. The molecule has 2 amide bonds. The number of carbonyl (C=O) groups excluding carboxylic acids is 2. The number of nitrogens with zero attached hydrogens (tertiary/aromatic N) is 2. The van der Waals surface area contributed by atoms with Gasteiger partial charge in [0, 0.05) is 43.3 Å². The van der Waals surface area contributed by atoms with E-state index in [4.69, 9.17) is 11.6 Å². The van der Waals surface area contributed by atoms with Crippen molar-refractivity contribution in [2.75, 3.05) is 24.3 Å². The molecule has 142 valence electrons. The number of nitrogens with one attached hydrogen (secondary N) is 2. The highest BCUT2D eigenvalue weighted by Crippen LogP contribution is 2.23. The molecular formula is C20H23ClN4O2. The summed E-state index contributed by atoms with van der Waals surface area (Å²) in [6, 6.07) is 13.0. The Balaban J connectivity index is 1.77. The molecule has 0 aliphatic heterocycles. The molecule has 7 heteroatoms. The van der Waals surface area contributed by atoms with Crippen LogP contribution in [0, 0.1) is 6.92 Å². The summed E-state index contributed by atoms with van der Waals surface area (Å²) in [4.78, 5) is 25.8. The van der Waals surface area contributed by atoms with Crippen molar-refractivity contribution in [2.45, 2.75) is 19.8 Å². The maximum atomic E-state index is 12.0. The second kappa shape index (κ2) is 9.73. The Kier molecular flexibility index (Phi) is 7.37. The van der Waals surface area contributed by atoms with Crippen LogP contribution in [0.3, 0.4) is 0 Å². The van der Waals surface area contributed by atoms with Gasteiger partial charge in [-0.2, -0.15) is 5.10 Å². The van der Waals surface area contributed by atoms with Gasteiger partial charge in [0.25, 0.3) is 0 Å². The highest BCUT2D eigenvalue weighted by molar-refractivity contribution is 6.31. The van der Waals surface area contributed by atoms with Crippen molar-refractivity contribution in [3.05, 3.63) is 58.6 Å². The lowest BCUT2D eigenvalue weighted by Gasteiger charge is -2.11. The molecule has 0 unspecified atom stereocenters. The molecule has 0 aliphatic rings. The summed E-state index contributed by atoms with van der Waals surface area (Å²) in [6.07, 6.45) is 1.67. The molecule has 6 nitrogen and oxygen atoms in total. The summed E-state index contributed by atoms with van der Waals surface area (Å²) in [5, 5.41) is 7.26. The number of hydrogen-bond donors (Lipinski definition) is 2. The number of rotatable bonds is 7. The fourth-order valence-corrected chi connectivity index (χ4v) is 2.45. The van der Waals surface area contributed by atoms with Crippen LogP contribution in [0.1, 0.15) is 24.0 Å². The maximum absolute atomic E-state index is 12.0. The smallest absolute Gasteiger partial charge is 0.240 e. The number of amides is 2. The van der Waals surface area contributed by atoms with E-state index in [1.54, 1.807) is 24.4 Å². The molecule has 2 aromatic rings. The predicted octanol–water partition coefficient (Wildman–Crippen LogP) is 3.58. The van der Waals surface area contributed by atoms with Crippen molar-refractivity contribution in [1.29, 1.82) is 0 Å². The first-order valence-electron chi connectivity index (χ1n) is 8.51. The van der Waals surface area contributed by atoms with Gasteiger partial charge < -0.3 is 10.2 Å². The predicted molar refractivity (Wildman–Crippen MR) is 111 cm³/mol. The first-order chi connectivity index (χ1) is 12.9. The van der Waals surface area contributed by atoms with Crippen molar-refractivity contribution in [3.63, 3.8) is 0 Å². The summed E-state index contributed by atoms with van der Waals surface area (Å²) in [5.74, 6) is -0.576. The zero-order chi connectivity index (χ0) is 19.8. The van der Waals surface area contributed by atoms with Gasteiger partial charge in [-0.3, -0.25) is 9.59 Å². The van der Waals surface area contributed by atoms with Crippen LogP contribution in [0.2, 0.25) is 5.02 Å². The summed E-state index contributed by atoms with van der Waals surface area (Å²) in [6.45, 7) is 1.82. The lowest BCUT2D eigenvalue weighted by atomic mass is 10.2. The molecule has 27 heavy (non-hydrogen) atoms. The molecule has 0 aromatic heterocycles. The lowest BCUT2D eigenvalue weighted by Crippen LogP contribution is -2.20. The topological polar surface area (TPSA) is 73.8 Å². The van der Waals surface area contributed by atoms with Crippen LogP contribution in [0.4, 0.5) is 11.4 Å². The molecule has 2 N–H and O–H groups in total. The number of carbonyl (C=O) groups is 2. The van der Waals surface area contributed by atoms with Crippen molar-refractivity contribution >= 4 is 41.0 Å². The minimum atomic E-state index is -0.325. The van der Waals surface area contributed by atoms with Gasteiger partial charge in [0.05, 0.1) is 6.21 Å². The SMILES string of the molecule is Cc1c(Cl)cccc1NC(=O)CCC(=O)N/N=C/c1ccc(N(C)C)cc1. The number of halogens is 1. The Labute approximate surface area is 164 Å². The van der Waals surface area contributed by atoms with Gasteiger partial charge in [-0.1, -0.05) is 29.8 Å². The lowest BCUT2D eigenvalue weighted by molar-refractivity contribution is -0.124. The molecular weight excluding hydrogens is 364 g/mol. The van der Waals surface area contributed by atoms with Crippen LogP contribution in [0.25, 0.3) is 0 Å². The van der Waals surface area contributed by atoms with Crippen LogP contribution >= 0.6 is 11.6 Å². The number of benzene rings is 2. The largest absolute Gasteiger partial charge is 0.378 e. The van der Waals surface area contributed by atoms with E-state index in [1.165, 1.54) is 0 Å². The van der Waals surface area contributed by atoms with Gasteiger partial charge in [-0.25, -0.2) is 5.43 Å². The van der Waals surface area contributed by atoms with Crippen LogP contribution < -0.4 is 15.6 Å². The van der Waals surface area contributed by atoms with E-state index in [2.05, 4.69) is 15.8 Å². The molecule has 0 bridgehead atoms. The van der Waals surface area contributed by atoms with Crippen LogP contribution in [0.5, 0.6) is 0 Å². The van der Waals surface area contributed by atoms with Crippen LogP contribution in [-0.2, 0) is 9.59 Å². The molecule has 2 aromatic carbocycles. The summed E-state index contributed by atoms with van der Waals surface area (Å²) < 4.78 is 0. The standard InChI is InChI=1S/C20H23ClN4O2/c1-14-17(21)5-4-6-18(14)23-19(26)11-12-20(27)24-22-13-15-7-9-16(10-8-15)25(2)3/h4-10,13H,11-12H2,1-3H3,(H,23,26)(H,24,27)/b22-13+. The Morgan fingerprint density at radius 3 is 2.41 bits per heavy atom. The second-order valence-electron chi connectivity index (χ2n) is 6.24. The molecule has 0 atom stereocenters. The molecule has 0 saturated carbocycles. The fraction of sp³-hybridized carbons (Fsp3) is 0.250. The van der Waals surface area contributed by atoms with Gasteiger partial charge in [0.1, 0.15) is 0 Å². The van der Waals surface area contributed by atoms with E-state index < -0.39 is 0 Å². The first kappa shape index (κ1) is 20.5. The van der Waals surface area contributed by atoms with Crippen molar-refractivity contribution in [1.82, 2.24) is 5.43 Å². The van der Waals surface area contributed by atoms with Crippen molar-refractivity contribution < 1.29 is 9.59 Å². The van der Waals surface area contributed by atoms with Crippen LogP contribution in [-0.4, -0.2) is 32.1 Å².